The van der Waals surface area contributed by atoms with Gasteiger partial charge in [-0.3, -0.25) is 0 Å². The van der Waals surface area contributed by atoms with E-state index < -0.39 is 15.3 Å². The molecule has 0 unspecified atom stereocenters. The molecule has 0 aromatic heterocycles. The zero-order chi connectivity index (χ0) is 11.6. The van der Waals surface area contributed by atoms with Crippen LogP contribution in [0.15, 0.2) is 35.2 Å². The van der Waals surface area contributed by atoms with E-state index in [1.54, 1.807) is 24.3 Å². The fraction of sp³-hybridized carbons (Fsp3) is 0.500. The molecule has 1 aromatic carbocycles. The molecule has 0 saturated carbocycles. The fourth-order valence-electron chi connectivity index (χ4n) is 1.96. The van der Waals surface area contributed by atoms with Crippen molar-refractivity contribution < 1.29 is 13.2 Å². The average molecular weight is 240 g/mol. The van der Waals surface area contributed by atoms with E-state index in [0.717, 1.165) is 12.8 Å². The van der Waals surface area contributed by atoms with Gasteiger partial charge in [0.2, 0.25) is 9.84 Å². The van der Waals surface area contributed by atoms with Crippen molar-refractivity contribution in [3.8, 4) is 0 Å². The van der Waals surface area contributed by atoms with Crippen molar-refractivity contribution in [2.75, 3.05) is 0 Å². The average Bonchev–Trinajstić information content (AvgIpc) is 2.30. The fourth-order valence-corrected chi connectivity index (χ4v) is 3.61. The molecular formula is C12H16O3S. The Hall–Kier alpha value is -0.870. The number of hydrogen-bond acceptors (Lipinski definition) is 3. The van der Waals surface area contributed by atoms with Crippen molar-refractivity contribution in [1.29, 1.82) is 0 Å². The Balaban J connectivity index is 2.26. The summed E-state index contributed by atoms with van der Waals surface area (Å²) in [5.74, 6) is 0. The van der Waals surface area contributed by atoms with Crippen LogP contribution in [0.2, 0.25) is 0 Å². The predicted molar refractivity (Wildman–Crippen MR) is 61.8 cm³/mol. The molecule has 1 aliphatic heterocycles. The molecule has 0 amide bonds. The molecule has 1 saturated heterocycles. The number of ether oxygens (including phenoxy) is 1. The molecule has 1 heterocycles. The normalized spacial score (nSPS) is 26.6. The van der Waals surface area contributed by atoms with Gasteiger partial charge >= 0.3 is 0 Å². The van der Waals surface area contributed by atoms with Crippen molar-refractivity contribution in [3.05, 3.63) is 30.3 Å². The Morgan fingerprint density at radius 3 is 2.50 bits per heavy atom. The van der Waals surface area contributed by atoms with Crippen molar-refractivity contribution in [2.24, 2.45) is 0 Å². The zero-order valence-electron chi connectivity index (χ0n) is 9.30. The molecule has 1 aliphatic rings. The number of hydrogen-bond donors (Lipinski definition) is 0. The molecule has 3 nitrogen and oxygen atoms in total. The van der Waals surface area contributed by atoms with Crippen LogP contribution in [-0.2, 0) is 14.6 Å². The smallest absolute Gasteiger partial charge is 0.205 e. The molecule has 0 radical (unpaired) electrons. The monoisotopic (exact) mass is 240 g/mol. The van der Waals surface area contributed by atoms with Gasteiger partial charge in [0, 0.05) is 0 Å². The quantitative estimate of drug-likeness (QED) is 0.797. The van der Waals surface area contributed by atoms with Crippen molar-refractivity contribution in [3.63, 3.8) is 0 Å². The number of benzene rings is 1. The summed E-state index contributed by atoms with van der Waals surface area (Å²) in [4.78, 5) is 0.356. The van der Waals surface area contributed by atoms with E-state index in [9.17, 15) is 8.42 Å². The van der Waals surface area contributed by atoms with Gasteiger partial charge in [0.25, 0.3) is 0 Å². The molecule has 0 N–H and O–H groups in total. The first kappa shape index (κ1) is 11.6. The van der Waals surface area contributed by atoms with E-state index in [1.165, 1.54) is 0 Å². The van der Waals surface area contributed by atoms with Gasteiger partial charge in [0.15, 0.2) is 5.44 Å². The first-order chi connectivity index (χ1) is 7.60. The maximum Gasteiger partial charge on any atom is 0.205 e. The second-order valence-corrected chi connectivity index (χ2v) is 6.25. The highest BCUT2D eigenvalue weighted by Gasteiger charge is 2.32. The molecule has 0 spiro atoms. The summed E-state index contributed by atoms with van der Waals surface area (Å²) in [5, 5.41) is 0. The largest absolute Gasteiger partial charge is 0.359 e. The first-order valence-corrected chi connectivity index (χ1v) is 7.10. The molecule has 0 bridgehead atoms. The lowest BCUT2D eigenvalue weighted by Crippen LogP contribution is -2.32. The van der Waals surface area contributed by atoms with Crippen LogP contribution in [0.4, 0.5) is 0 Å². The maximum atomic E-state index is 12.2. The van der Waals surface area contributed by atoms with E-state index >= 15 is 0 Å². The Labute approximate surface area is 96.4 Å². The Bertz CT molecular complexity index is 439. The molecule has 2 atom stereocenters. The summed E-state index contributed by atoms with van der Waals surface area (Å²) in [7, 11) is -3.32. The van der Waals surface area contributed by atoms with Gasteiger partial charge in [-0.25, -0.2) is 8.42 Å². The summed E-state index contributed by atoms with van der Waals surface area (Å²) in [6.07, 6.45) is 2.50. The standard InChI is InChI=1S/C12H16O3S/c1-10-6-5-9-12(15-10)16(13,14)11-7-3-2-4-8-11/h2-4,7-8,10,12H,5-6,9H2,1H3/t10-,12-/m0/s1. The molecule has 1 aromatic rings. The second-order valence-electron chi connectivity index (χ2n) is 4.17. The van der Waals surface area contributed by atoms with Crippen molar-refractivity contribution >= 4 is 9.84 Å². The third-order valence-electron chi connectivity index (χ3n) is 2.85. The molecule has 4 heteroatoms. The first-order valence-electron chi connectivity index (χ1n) is 5.55. The molecular weight excluding hydrogens is 224 g/mol. The van der Waals surface area contributed by atoms with E-state index in [0.29, 0.717) is 11.3 Å². The van der Waals surface area contributed by atoms with E-state index in [4.69, 9.17) is 4.74 Å². The molecule has 88 valence electrons. The summed E-state index contributed by atoms with van der Waals surface area (Å²) >= 11 is 0. The predicted octanol–water partition coefficient (Wildman–Crippen LogP) is 2.38. The summed E-state index contributed by atoms with van der Waals surface area (Å²) in [5.41, 5.74) is -0.668. The van der Waals surface area contributed by atoms with E-state index in [1.807, 2.05) is 13.0 Å². The minimum atomic E-state index is -3.32. The van der Waals surface area contributed by atoms with Crippen LogP contribution in [0, 0.1) is 0 Å². The van der Waals surface area contributed by atoms with Gasteiger partial charge in [0.1, 0.15) is 0 Å². The van der Waals surface area contributed by atoms with Gasteiger partial charge in [-0.05, 0) is 38.3 Å². The second kappa shape index (κ2) is 4.55. The van der Waals surface area contributed by atoms with Gasteiger partial charge in [0.05, 0.1) is 11.0 Å². The van der Waals surface area contributed by atoms with Crippen molar-refractivity contribution in [1.82, 2.24) is 0 Å². The zero-order valence-corrected chi connectivity index (χ0v) is 10.1. The Morgan fingerprint density at radius 2 is 1.88 bits per heavy atom. The minimum Gasteiger partial charge on any atom is -0.359 e. The summed E-state index contributed by atoms with van der Waals surface area (Å²) in [6, 6.07) is 8.53. The van der Waals surface area contributed by atoms with Gasteiger partial charge in [-0.15, -0.1) is 0 Å². The molecule has 0 aliphatic carbocycles. The molecule has 16 heavy (non-hydrogen) atoms. The van der Waals surface area contributed by atoms with Crippen LogP contribution in [0.1, 0.15) is 26.2 Å². The highest BCUT2D eigenvalue weighted by atomic mass is 32.2. The summed E-state index contributed by atoms with van der Waals surface area (Å²) in [6.45, 7) is 1.92. The molecule has 2 rings (SSSR count). The third kappa shape index (κ3) is 2.28. The number of sulfone groups is 1. The van der Waals surface area contributed by atoms with Crippen LogP contribution < -0.4 is 0 Å². The van der Waals surface area contributed by atoms with E-state index in [2.05, 4.69) is 0 Å². The Kier molecular flexibility index (Phi) is 3.30. The van der Waals surface area contributed by atoms with Gasteiger partial charge < -0.3 is 4.74 Å². The van der Waals surface area contributed by atoms with Crippen LogP contribution in [0.3, 0.4) is 0 Å². The third-order valence-corrected chi connectivity index (χ3v) is 4.82. The topological polar surface area (TPSA) is 43.4 Å². The summed E-state index contributed by atoms with van der Waals surface area (Å²) < 4.78 is 29.9. The minimum absolute atomic E-state index is 0.0391. The van der Waals surface area contributed by atoms with Crippen LogP contribution >= 0.6 is 0 Å². The van der Waals surface area contributed by atoms with Crippen LogP contribution in [-0.4, -0.2) is 20.0 Å². The lowest BCUT2D eigenvalue weighted by Gasteiger charge is -2.27. The van der Waals surface area contributed by atoms with Crippen LogP contribution in [0.25, 0.3) is 0 Å². The van der Waals surface area contributed by atoms with E-state index in [-0.39, 0.29) is 6.10 Å². The lowest BCUT2D eigenvalue weighted by molar-refractivity contribution is 0.00285. The van der Waals surface area contributed by atoms with Gasteiger partial charge in [-0.2, -0.15) is 0 Å². The molecule has 1 fully saturated rings. The highest BCUT2D eigenvalue weighted by Crippen LogP contribution is 2.27. The SMILES string of the molecule is C[C@H]1CCC[C@H](S(=O)(=O)c2ccccc2)O1. The van der Waals surface area contributed by atoms with Crippen molar-refractivity contribution in [2.45, 2.75) is 42.6 Å². The number of rotatable bonds is 2. The highest BCUT2D eigenvalue weighted by molar-refractivity contribution is 7.91. The van der Waals surface area contributed by atoms with Gasteiger partial charge in [-0.1, -0.05) is 18.2 Å². The van der Waals surface area contributed by atoms with Crippen LogP contribution in [0.5, 0.6) is 0 Å². The maximum absolute atomic E-state index is 12.2. The lowest BCUT2D eigenvalue weighted by atomic mass is 10.1. The Morgan fingerprint density at radius 1 is 1.19 bits per heavy atom.